The van der Waals surface area contributed by atoms with E-state index >= 15 is 0 Å². The Morgan fingerprint density at radius 3 is 2.46 bits per heavy atom. The second-order valence-corrected chi connectivity index (χ2v) is 5.67. The zero-order valence-corrected chi connectivity index (χ0v) is 15.2. The fourth-order valence-electron chi connectivity index (χ4n) is 2.49. The normalized spacial score (nSPS) is 11.5. The highest BCUT2D eigenvalue weighted by Crippen LogP contribution is 2.12. The maximum Gasteiger partial charge on any atom is 0.191 e. The molecule has 0 atom stereocenters. The zero-order chi connectivity index (χ0) is 17.5. The third kappa shape index (κ3) is 4.50. The van der Waals surface area contributed by atoms with E-state index in [9.17, 15) is 0 Å². The highest BCUT2D eigenvalue weighted by atomic mass is 16.5. The number of aromatic nitrogens is 2. The van der Waals surface area contributed by atoms with E-state index in [-0.39, 0.29) is 0 Å². The van der Waals surface area contributed by atoms with Gasteiger partial charge in [0.25, 0.3) is 0 Å². The van der Waals surface area contributed by atoms with Gasteiger partial charge in [-0.1, -0.05) is 12.1 Å². The summed E-state index contributed by atoms with van der Waals surface area (Å²) in [5.74, 6) is 1.66. The monoisotopic (exact) mass is 329 g/mol. The van der Waals surface area contributed by atoms with Crippen LogP contribution in [0.15, 0.2) is 29.3 Å². The van der Waals surface area contributed by atoms with Gasteiger partial charge in [0.1, 0.15) is 5.75 Å². The molecule has 2 rings (SSSR count). The van der Waals surface area contributed by atoms with Crippen molar-refractivity contribution >= 4 is 5.96 Å². The van der Waals surface area contributed by atoms with Crippen LogP contribution in [0.3, 0.4) is 0 Å². The maximum absolute atomic E-state index is 5.18. The Balaban J connectivity index is 2.02. The third-order valence-corrected chi connectivity index (χ3v) is 4.01. The zero-order valence-electron chi connectivity index (χ0n) is 15.2. The van der Waals surface area contributed by atoms with E-state index in [2.05, 4.69) is 34.6 Å². The number of hydrogen-bond acceptors (Lipinski definition) is 3. The lowest BCUT2D eigenvalue weighted by atomic mass is 10.2. The standard InChI is InChI=1S/C18H27N5O/c1-6-19-18(20-11-15-7-9-16(24-5)10-8-15)21-12-17-13(2)22-23(4)14(17)3/h7-10H,6,11-12H2,1-5H3,(H2,19,20,21). The lowest BCUT2D eigenvalue weighted by Crippen LogP contribution is -2.37. The Hall–Kier alpha value is -2.50. The van der Waals surface area contributed by atoms with Gasteiger partial charge in [0.15, 0.2) is 5.96 Å². The molecule has 0 aliphatic rings. The van der Waals surface area contributed by atoms with Crippen LogP contribution < -0.4 is 15.4 Å². The van der Waals surface area contributed by atoms with E-state index in [1.165, 1.54) is 11.3 Å². The van der Waals surface area contributed by atoms with Gasteiger partial charge in [-0.25, -0.2) is 4.99 Å². The lowest BCUT2D eigenvalue weighted by Gasteiger charge is -2.12. The van der Waals surface area contributed by atoms with Gasteiger partial charge < -0.3 is 15.4 Å². The van der Waals surface area contributed by atoms with E-state index in [0.717, 1.165) is 29.5 Å². The number of guanidine groups is 1. The quantitative estimate of drug-likeness (QED) is 0.630. The van der Waals surface area contributed by atoms with E-state index in [1.807, 2.05) is 42.9 Å². The Kier molecular flexibility index (Phi) is 6.23. The Morgan fingerprint density at radius 1 is 1.21 bits per heavy atom. The summed E-state index contributed by atoms with van der Waals surface area (Å²) in [6.45, 7) is 8.32. The number of nitrogens with one attached hydrogen (secondary N) is 2. The summed E-state index contributed by atoms with van der Waals surface area (Å²) in [5, 5.41) is 11.1. The second kappa shape index (κ2) is 8.38. The first kappa shape index (κ1) is 17.8. The Labute approximate surface area is 143 Å². The molecule has 0 spiro atoms. The molecule has 2 N–H and O–H groups in total. The van der Waals surface area contributed by atoms with Gasteiger partial charge in [-0.15, -0.1) is 0 Å². The topological polar surface area (TPSA) is 63.5 Å². The van der Waals surface area contributed by atoms with Crippen molar-refractivity contribution in [3.05, 3.63) is 46.8 Å². The molecular formula is C18H27N5O. The molecule has 0 amide bonds. The van der Waals surface area contributed by atoms with Gasteiger partial charge in [0.2, 0.25) is 0 Å². The number of ether oxygens (including phenoxy) is 1. The first-order chi connectivity index (χ1) is 11.5. The van der Waals surface area contributed by atoms with E-state index in [1.54, 1.807) is 7.11 Å². The average molecular weight is 329 g/mol. The van der Waals surface area contributed by atoms with Crippen molar-refractivity contribution in [2.75, 3.05) is 13.7 Å². The molecule has 0 bridgehead atoms. The molecule has 0 radical (unpaired) electrons. The summed E-state index contributed by atoms with van der Waals surface area (Å²) in [4.78, 5) is 4.65. The first-order valence-electron chi connectivity index (χ1n) is 8.19. The summed E-state index contributed by atoms with van der Waals surface area (Å²) in [7, 11) is 3.64. The van der Waals surface area contributed by atoms with Crippen LogP contribution in [0.25, 0.3) is 0 Å². The molecule has 1 aromatic heterocycles. The van der Waals surface area contributed by atoms with Crippen LogP contribution in [0.4, 0.5) is 0 Å². The fourth-order valence-corrected chi connectivity index (χ4v) is 2.49. The Bertz CT molecular complexity index is 688. The molecule has 2 aromatic rings. The van der Waals surface area contributed by atoms with Crippen LogP contribution >= 0.6 is 0 Å². The minimum absolute atomic E-state index is 0.615. The predicted octanol–water partition coefficient (Wildman–Crippen LogP) is 2.30. The Morgan fingerprint density at radius 2 is 1.92 bits per heavy atom. The van der Waals surface area contributed by atoms with Crippen LogP contribution in [0.5, 0.6) is 5.75 Å². The smallest absolute Gasteiger partial charge is 0.191 e. The van der Waals surface area contributed by atoms with Crippen LogP contribution in [-0.4, -0.2) is 29.4 Å². The van der Waals surface area contributed by atoms with Gasteiger partial charge in [0.05, 0.1) is 19.3 Å². The molecule has 0 aliphatic carbocycles. The molecule has 6 nitrogen and oxygen atoms in total. The number of aliphatic imine (C=N–C) groups is 1. The van der Waals surface area contributed by atoms with E-state index in [0.29, 0.717) is 13.1 Å². The van der Waals surface area contributed by atoms with Gasteiger partial charge in [-0.2, -0.15) is 5.10 Å². The minimum Gasteiger partial charge on any atom is -0.497 e. The number of rotatable bonds is 6. The summed E-state index contributed by atoms with van der Waals surface area (Å²) in [6, 6.07) is 7.96. The van der Waals surface area contributed by atoms with Crippen molar-refractivity contribution in [2.45, 2.75) is 33.9 Å². The highest BCUT2D eigenvalue weighted by Gasteiger charge is 2.09. The number of methoxy groups -OCH3 is 1. The maximum atomic E-state index is 5.18. The first-order valence-corrected chi connectivity index (χ1v) is 8.19. The average Bonchev–Trinajstić information content (AvgIpc) is 2.83. The summed E-state index contributed by atoms with van der Waals surface area (Å²) in [5.41, 5.74) is 4.58. The van der Waals surface area contributed by atoms with Crippen molar-refractivity contribution in [3.63, 3.8) is 0 Å². The molecule has 6 heteroatoms. The molecule has 0 unspecified atom stereocenters. The molecule has 130 valence electrons. The molecule has 1 aromatic carbocycles. The van der Waals surface area contributed by atoms with Crippen molar-refractivity contribution in [1.82, 2.24) is 20.4 Å². The molecule has 0 saturated carbocycles. The van der Waals surface area contributed by atoms with Crippen molar-refractivity contribution < 1.29 is 4.74 Å². The lowest BCUT2D eigenvalue weighted by molar-refractivity contribution is 0.414. The molecule has 24 heavy (non-hydrogen) atoms. The number of hydrogen-bond donors (Lipinski definition) is 2. The van der Waals surface area contributed by atoms with Gasteiger partial charge in [-0.05, 0) is 38.5 Å². The van der Waals surface area contributed by atoms with Crippen molar-refractivity contribution in [1.29, 1.82) is 0 Å². The minimum atomic E-state index is 0.615. The van der Waals surface area contributed by atoms with Crippen LogP contribution in [-0.2, 0) is 20.1 Å². The summed E-state index contributed by atoms with van der Waals surface area (Å²) >= 11 is 0. The number of benzene rings is 1. The van der Waals surface area contributed by atoms with Crippen LogP contribution in [0.2, 0.25) is 0 Å². The molecule has 0 fully saturated rings. The number of nitrogens with zero attached hydrogens (tertiary/aromatic N) is 3. The summed E-state index contributed by atoms with van der Waals surface area (Å²) < 4.78 is 7.09. The second-order valence-electron chi connectivity index (χ2n) is 5.67. The molecule has 0 saturated heterocycles. The third-order valence-electron chi connectivity index (χ3n) is 4.01. The molecular weight excluding hydrogens is 302 g/mol. The van der Waals surface area contributed by atoms with Crippen molar-refractivity contribution in [2.24, 2.45) is 12.0 Å². The number of aryl methyl sites for hydroxylation is 2. The van der Waals surface area contributed by atoms with Gasteiger partial charge in [0, 0.05) is 31.4 Å². The van der Waals surface area contributed by atoms with Crippen LogP contribution in [0.1, 0.15) is 29.4 Å². The predicted molar refractivity (Wildman–Crippen MR) is 97.3 cm³/mol. The highest BCUT2D eigenvalue weighted by molar-refractivity contribution is 5.79. The molecule has 1 heterocycles. The summed E-state index contributed by atoms with van der Waals surface area (Å²) in [6.07, 6.45) is 0. The SMILES string of the molecule is CCNC(=NCc1ccc(OC)cc1)NCc1c(C)nn(C)c1C. The van der Waals surface area contributed by atoms with Crippen LogP contribution in [0, 0.1) is 13.8 Å². The van der Waals surface area contributed by atoms with Crippen molar-refractivity contribution in [3.8, 4) is 5.75 Å². The van der Waals surface area contributed by atoms with Gasteiger partial charge >= 0.3 is 0 Å². The molecule has 0 aliphatic heterocycles. The fraction of sp³-hybridized carbons (Fsp3) is 0.444. The largest absolute Gasteiger partial charge is 0.497 e. The van der Waals surface area contributed by atoms with Gasteiger partial charge in [-0.3, -0.25) is 4.68 Å². The van der Waals surface area contributed by atoms with E-state index < -0.39 is 0 Å². The van der Waals surface area contributed by atoms with E-state index in [4.69, 9.17) is 4.74 Å².